The number of aliphatic carboxylic acids is 1. The van der Waals surface area contributed by atoms with Crippen LogP contribution in [0.25, 0.3) is 0 Å². The van der Waals surface area contributed by atoms with E-state index < -0.39 is 16.8 Å². The number of carbonyl (C=O) groups is 2. The minimum atomic E-state index is -0.838. The van der Waals surface area contributed by atoms with Gasteiger partial charge in [0.25, 0.3) is 11.6 Å². The van der Waals surface area contributed by atoms with Crippen LogP contribution in [-0.4, -0.2) is 44.5 Å². The van der Waals surface area contributed by atoms with Crippen molar-refractivity contribution in [1.29, 1.82) is 0 Å². The molecule has 8 nitrogen and oxygen atoms in total. The molecule has 1 amide bonds. The average Bonchev–Trinajstić information content (AvgIpc) is 2.91. The molecule has 0 radical (unpaired) electrons. The summed E-state index contributed by atoms with van der Waals surface area (Å²) in [5, 5.41) is 19.7. The summed E-state index contributed by atoms with van der Waals surface area (Å²) in [6.07, 6.45) is 2.17. The standard InChI is InChI=1S/C13H17N3O5/c1-2-14-8-10(16(20)21)7-11(14)12(17)15-5-3-9(4-6-15)13(18)19/h7-9H,2-6H2,1H3,(H,18,19). The Labute approximate surface area is 121 Å². The molecule has 0 aliphatic carbocycles. The molecule has 0 saturated carbocycles. The molecule has 114 valence electrons. The van der Waals surface area contributed by atoms with Crippen molar-refractivity contribution in [1.82, 2.24) is 9.47 Å². The van der Waals surface area contributed by atoms with Crippen LogP contribution in [0, 0.1) is 16.0 Å². The number of rotatable bonds is 4. The number of nitrogens with zero attached hydrogens (tertiary/aromatic N) is 3. The molecule has 0 bridgehead atoms. The molecule has 0 aromatic carbocycles. The van der Waals surface area contributed by atoms with Crippen molar-refractivity contribution < 1.29 is 19.6 Å². The number of nitro groups is 1. The number of hydrogen-bond acceptors (Lipinski definition) is 4. The fourth-order valence-corrected chi connectivity index (χ4v) is 2.53. The van der Waals surface area contributed by atoms with Crippen molar-refractivity contribution >= 4 is 17.6 Å². The average molecular weight is 295 g/mol. The fraction of sp³-hybridized carbons (Fsp3) is 0.538. The smallest absolute Gasteiger partial charge is 0.306 e. The van der Waals surface area contributed by atoms with Gasteiger partial charge in [-0.05, 0) is 19.8 Å². The highest BCUT2D eigenvalue weighted by molar-refractivity contribution is 5.93. The first-order chi connectivity index (χ1) is 9.93. The molecular weight excluding hydrogens is 278 g/mol. The normalized spacial score (nSPS) is 16.0. The fourth-order valence-electron chi connectivity index (χ4n) is 2.53. The molecule has 1 aliphatic rings. The Hall–Kier alpha value is -2.38. The Morgan fingerprint density at radius 1 is 1.43 bits per heavy atom. The minimum Gasteiger partial charge on any atom is -0.481 e. The topological polar surface area (TPSA) is 106 Å². The van der Waals surface area contributed by atoms with Crippen molar-refractivity contribution in [3.8, 4) is 0 Å². The van der Waals surface area contributed by atoms with Gasteiger partial charge in [0.15, 0.2) is 0 Å². The Morgan fingerprint density at radius 3 is 2.52 bits per heavy atom. The summed E-state index contributed by atoms with van der Waals surface area (Å²) in [6.45, 7) is 2.98. The van der Waals surface area contributed by atoms with Gasteiger partial charge in [-0.2, -0.15) is 0 Å². The van der Waals surface area contributed by atoms with E-state index in [1.54, 1.807) is 16.4 Å². The second-order valence-corrected chi connectivity index (χ2v) is 5.03. The number of aryl methyl sites for hydroxylation is 1. The molecule has 2 heterocycles. The summed E-state index contributed by atoms with van der Waals surface area (Å²) in [7, 11) is 0. The number of hydrogen-bond donors (Lipinski definition) is 1. The number of aromatic nitrogens is 1. The first-order valence-corrected chi connectivity index (χ1v) is 6.80. The summed E-state index contributed by atoms with van der Waals surface area (Å²) in [5.74, 6) is -1.54. The largest absolute Gasteiger partial charge is 0.481 e. The third kappa shape index (κ3) is 3.04. The first-order valence-electron chi connectivity index (χ1n) is 6.80. The van der Waals surface area contributed by atoms with Gasteiger partial charge in [-0.15, -0.1) is 0 Å². The summed E-state index contributed by atoms with van der Waals surface area (Å²) in [5.41, 5.74) is 0.165. The monoisotopic (exact) mass is 295 g/mol. The number of amides is 1. The molecular formula is C13H17N3O5. The van der Waals surface area contributed by atoms with Crippen LogP contribution in [0.15, 0.2) is 12.3 Å². The summed E-state index contributed by atoms with van der Waals surface area (Å²) in [6, 6.07) is 1.27. The molecule has 1 saturated heterocycles. The zero-order valence-corrected chi connectivity index (χ0v) is 11.7. The number of likely N-dealkylation sites (tertiary alicyclic amines) is 1. The van der Waals surface area contributed by atoms with Gasteiger partial charge in [0.2, 0.25) is 0 Å². The van der Waals surface area contributed by atoms with Crippen LogP contribution in [0.5, 0.6) is 0 Å². The number of carboxylic acids is 1. The Balaban J connectivity index is 2.14. The first kappa shape index (κ1) is 15.0. The molecule has 1 fully saturated rings. The van der Waals surface area contributed by atoms with Gasteiger partial charge < -0.3 is 14.6 Å². The molecule has 0 atom stereocenters. The van der Waals surface area contributed by atoms with E-state index in [0.717, 1.165) is 0 Å². The van der Waals surface area contributed by atoms with E-state index in [4.69, 9.17) is 5.11 Å². The summed E-state index contributed by atoms with van der Waals surface area (Å²) < 4.78 is 1.55. The maximum absolute atomic E-state index is 12.4. The molecule has 21 heavy (non-hydrogen) atoms. The van der Waals surface area contributed by atoms with Gasteiger partial charge in [-0.3, -0.25) is 19.7 Å². The van der Waals surface area contributed by atoms with Gasteiger partial charge in [0, 0.05) is 25.7 Å². The molecule has 1 aromatic heterocycles. The van der Waals surface area contributed by atoms with E-state index in [-0.39, 0.29) is 17.3 Å². The molecule has 0 spiro atoms. The number of piperidine rings is 1. The van der Waals surface area contributed by atoms with Gasteiger partial charge in [0.1, 0.15) is 5.69 Å². The van der Waals surface area contributed by atoms with E-state index in [9.17, 15) is 19.7 Å². The van der Waals surface area contributed by atoms with Gasteiger partial charge in [0.05, 0.1) is 17.0 Å². The van der Waals surface area contributed by atoms with Crippen LogP contribution in [-0.2, 0) is 11.3 Å². The predicted octanol–water partition coefficient (Wildman–Crippen LogP) is 1.35. The number of carbonyl (C=O) groups excluding carboxylic acids is 1. The van der Waals surface area contributed by atoms with Gasteiger partial charge in [-0.25, -0.2) is 0 Å². The maximum atomic E-state index is 12.4. The highest BCUT2D eigenvalue weighted by Crippen LogP contribution is 2.22. The van der Waals surface area contributed by atoms with Crippen LogP contribution >= 0.6 is 0 Å². The van der Waals surface area contributed by atoms with E-state index in [1.807, 2.05) is 0 Å². The van der Waals surface area contributed by atoms with Crippen LogP contribution in [0.3, 0.4) is 0 Å². The van der Waals surface area contributed by atoms with Gasteiger partial charge >= 0.3 is 5.97 Å². The molecule has 1 aliphatic heterocycles. The zero-order valence-electron chi connectivity index (χ0n) is 11.7. The third-order valence-electron chi connectivity index (χ3n) is 3.78. The molecule has 1 aromatic rings. The van der Waals surface area contributed by atoms with Gasteiger partial charge in [-0.1, -0.05) is 0 Å². The van der Waals surface area contributed by atoms with Crippen molar-refractivity contribution in [2.24, 2.45) is 5.92 Å². The van der Waals surface area contributed by atoms with Crippen molar-refractivity contribution in [2.75, 3.05) is 13.1 Å². The SMILES string of the molecule is CCn1cc([N+](=O)[O-])cc1C(=O)N1CCC(C(=O)O)CC1. The lowest BCUT2D eigenvalue weighted by atomic mass is 9.97. The van der Waals surface area contributed by atoms with E-state index in [0.29, 0.717) is 32.5 Å². The minimum absolute atomic E-state index is 0.111. The van der Waals surface area contributed by atoms with Crippen molar-refractivity contribution in [3.63, 3.8) is 0 Å². The molecule has 0 unspecified atom stereocenters. The third-order valence-corrected chi connectivity index (χ3v) is 3.78. The zero-order chi connectivity index (χ0) is 15.6. The quantitative estimate of drug-likeness (QED) is 0.666. The van der Waals surface area contributed by atoms with Crippen molar-refractivity contribution in [3.05, 3.63) is 28.1 Å². The molecule has 8 heteroatoms. The van der Waals surface area contributed by atoms with E-state index >= 15 is 0 Å². The number of carboxylic acid groups (broad SMARTS) is 1. The molecule has 2 rings (SSSR count). The Bertz CT molecular complexity index is 572. The lowest BCUT2D eigenvalue weighted by Crippen LogP contribution is -2.40. The lowest BCUT2D eigenvalue weighted by molar-refractivity contribution is -0.384. The summed E-state index contributed by atoms with van der Waals surface area (Å²) in [4.78, 5) is 35.2. The van der Waals surface area contributed by atoms with E-state index in [1.165, 1.54) is 12.3 Å². The van der Waals surface area contributed by atoms with Crippen molar-refractivity contribution in [2.45, 2.75) is 26.3 Å². The molecule has 1 N–H and O–H groups in total. The van der Waals surface area contributed by atoms with Crippen LogP contribution in [0.1, 0.15) is 30.3 Å². The second-order valence-electron chi connectivity index (χ2n) is 5.03. The predicted molar refractivity (Wildman–Crippen MR) is 73.0 cm³/mol. The maximum Gasteiger partial charge on any atom is 0.306 e. The van der Waals surface area contributed by atoms with Crippen LogP contribution in [0.4, 0.5) is 5.69 Å². The lowest BCUT2D eigenvalue weighted by Gasteiger charge is -2.30. The Kier molecular flexibility index (Phi) is 4.25. The second kappa shape index (κ2) is 5.94. The highest BCUT2D eigenvalue weighted by atomic mass is 16.6. The summed E-state index contributed by atoms with van der Waals surface area (Å²) >= 11 is 0. The Morgan fingerprint density at radius 2 is 2.05 bits per heavy atom. The van der Waals surface area contributed by atoms with Crippen LogP contribution in [0.2, 0.25) is 0 Å². The van der Waals surface area contributed by atoms with E-state index in [2.05, 4.69) is 0 Å². The van der Waals surface area contributed by atoms with Crippen LogP contribution < -0.4 is 0 Å². The highest BCUT2D eigenvalue weighted by Gasteiger charge is 2.29.